The zero-order valence-corrected chi connectivity index (χ0v) is 13.0. The van der Waals surface area contributed by atoms with Gasteiger partial charge in [0.25, 0.3) is 10.0 Å². The van der Waals surface area contributed by atoms with Crippen LogP contribution in [0.3, 0.4) is 0 Å². The van der Waals surface area contributed by atoms with Gasteiger partial charge in [-0.3, -0.25) is 5.10 Å². The molecule has 20 heavy (non-hydrogen) atoms. The summed E-state index contributed by atoms with van der Waals surface area (Å²) in [6.45, 7) is 4.12. The predicted octanol–water partition coefficient (Wildman–Crippen LogP) is -0.967. The standard InChI is InChI=1S/C11H23N5O3S/c1-9-10(8-12)11(15-14-9)20(17,18)13-4-5-16(2)6-7-19-3/h13H,4-8,12H2,1-3H3,(H,14,15). The summed E-state index contributed by atoms with van der Waals surface area (Å²) in [5.74, 6) is 0. The maximum absolute atomic E-state index is 12.1. The fraction of sp³-hybridized carbons (Fsp3) is 0.727. The number of nitrogens with two attached hydrogens (primary N) is 1. The monoisotopic (exact) mass is 305 g/mol. The summed E-state index contributed by atoms with van der Waals surface area (Å²) < 4.78 is 31.7. The van der Waals surface area contributed by atoms with E-state index in [0.717, 1.165) is 6.54 Å². The van der Waals surface area contributed by atoms with Crippen LogP contribution in [0.2, 0.25) is 0 Å². The number of sulfonamides is 1. The molecule has 0 radical (unpaired) electrons. The number of aromatic nitrogens is 2. The van der Waals surface area contributed by atoms with Crippen molar-refractivity contribution in [3.8, 4) is 0 Å². The molecular formula is C11H23N5O3S. The van der Waals surface area contributed by atoms with E-state index < -0.39 is 10.0 Å². The number of hydrogen-bond donors (Lipinski definition) is 3. The molecule has 0 spiro atoms. The van der Waals surface area contributed by atoms with Crippen molar-refractivity contribution in [2.45, 2.75) is 18.5 Å². The summed E-state index contributed by atoms with van der Waals surface area (Å²) >= 11 is 0. The average Bonchev–Trinajstić information content (AvgIpc) is 2.78. The molecule has 4 N–H and O–H groups in total. The molecule has 9 heteroatoms. The minimum absolute atomic E-state index is 0.0166. The zero-order valence-electron chi connectivity index (χ0n) is 12.1. The van der Waals surface area contributed by atoms with Crippen molar-refractivity contribution < 1.29 is 13.2 Å². The molecule has 0 fully saturated rings. The molecule has 116 valence electrons. The van der Waals surface area contributed by atoms with Crippen LogP contribution in [-0.2, 0) is 21.3 Å². The van der Waals surface area contributed by atoms with Crippen molar-refractivity contribution in [3.05, 3.63) is 11.3 Å². The Hall–Kier alpha value is -1.00. The van der Waals surface area contributed by atoms with Gasteiger partial charge in [0, 0.05) is 44.5 Å². The van der Waals surface area contributed by atoms with Gasteiger partial charge in [-0.15, -0.1) is 0 Å². The lowest BCUT2D eigenvalue weighted by Crippen LogP contribution is -2.35. The molecule has 1 aromatic heterocycles. The highest BCUT2D eigenvalue weighted by molar-refractivity contribution is 7.89. The molecule has 1 aromatic rings. The minimum atomic E-state index is -3.63. The van der Waals surface area contributed by atoms with Crippen molar-refractivity contribution in [1.29, 1.82) is 0 Å². The molecular weight excluding hydrogens is 282 g/mol. The molecule has 0 bridgehead atoms. The fourth-order valence-corrected chi connectivity index (χ4v) is 2.91. The van der Waals surface area contributed by atoms with Crippen LogP contribution < -0.4 is 10.5 Å². The van der Waals surface area contributed by atoms with E-state index in [1.165, 1.54) is 0 Å². The van der Waals surface area contributed by atoms with Gasteiger partial charge in [-0.2, -0.15) is 5.10 Å². The number of hydrogen-bond acceptors (Lipinski definition) is 6. The smallest absolute Gasteiger partial charge is 0.260 e. The first-order valence-electron chi connectivity index (χ1n) is 6.33. The van der Waals surface area contributed by atoms with E-state index in [-0.39, 0.29) is 11.6 Å². The Labute approximate surface area is 119 Å². The van der Waals surface area contributed by atoms with Gasteiger partial charge < -0.3 is 15.4 Å². The Kier molecular flexibility index (Phi) is 6.56. The lowest BCUT2D eigenvalue weighted by Gasteiger charge is -2.16. The third kappa shape index (κ3) is 4.53. The van der Waals surface area contributed by atoms with Crippen LogP contribution in [0, 0.1) is 6.92 Å². The van der Waals surface area contributed by atoms with E-state index in [9.17, 15) is 8.42 Å². The number of nitrogens with one attached hydrogen (secondary N) is 2. The van der Waals surface area contributed by atoms with Gasteiger partial charge in [-0.1, -0.05) is 0 Å². The molecule has 0 amide bonds. The van der Waals surface area contributed by atoms with Gasteiger partial charge in [0.05, 0.1) is 6.61 Å². The highest BCUT2D eigenvalue weighted by Gasteiger charge is 2.22. The number of H-pyrrole nitrogens is 1. The number of likely N-dealkylation sites (N-methyl/N-ethyl adjacent to an activating group) is 1. The lowest BCUT2D eigenvalue weighted by atomic mass is 10.3. The number of rotatable bonds is 9. The second kappa shape index (κ2) is 7.70. The molecule has 0 saturated carbocycles. The first-order chi connectivity index (χ1) is 9.42. The van der Waals surface area contributed by atoms with Crippen molar-refractivity contribution in [1.82, 2.24) is 19.8 Å². The van der Waals surface area contributed by atoms with Gasteiger partial charge in [0.15, 0.2) is 5.03 Å². The normalized spacial score (nSPS) is 12.2. The third-order valence-electron chi connectivity index (χ3n) is 2.96. The highest BCUT2D eigenvalue weighted by Crippen LogP contribution is 2.14. The third-order valence-corrected chi connectivity index (χ3v) is 4.39. The second-order valence-corrected chi connectivity index (χ2v) is 6.21. The van der Waals surface area contributed by atoms with Gasteiger partial charge in [-0.25, -0.2) is 13.1 Å². The zero-order chi connectivity index (χ0) is 15.2. The molecule has 0 unspecified atom stereocenters. The van der Waals surface area contributed by atoms with E-state index in [1.807, 2.05) is 11.9 Å². The SMILES string of the molecule is COCCN(C)CCNS(=O)(=O)c1n[nH]c(C)c1CN. The van der Waals surface area contributed by atoms with E-state index in [4.69, 9.17) is 10.5 Å². The molecule has 0 aromatic carbocycles. The van der Waals surface area contributed by atoms with Crippen LogP contribution in [0.4, 0.5) is 0 Å². The maximum atomic E-state index is 12.1. The molecule has 1 heterocycles. The van der Waals surface area contributed by atoms with E-state index >= 15 is 0 Å². The summed E-state index contributed by atoms with van der Waals surface area (Å²) in [5, 5.41) is 6.45. The van der Waals surface area contributed by atoms with E-state index in [2.05, 4.69) is 14.9 Å². The van der Waals surface area contributed by atoms with Crippen LogP contribution in [-0.4, -0.2) is 63.9 Å². The Morgan fingerprint density at radius 1 is 1.45 bits per heavy atom. The van der Waals surface area contributed by atoms with Gasteiger partial charge in [-0.05, 0) is 14.0 Å². The number of ether oxygens (including phenoxy) is 1. The van der Waals surface area contributed by atoms with E-state index in [1.54, 1.807) is 14.0 Å². The van der Waals surface area contributed by atoms with Crippen LogP contribution in [0.5, 0.6) is 0 Å². The van der Waals surface area contributed by atoms with Crippen LogP contribution in [0.1, 0.15) is 11.3 Å². The Balaban J connectivity index is 2.58. The molecule has 1 rings (SSSR count). The molecule has 0 saturated heterocycles. The Bertz CT molecular complexity index is 514. The number of aromatic amines is 1. The molecule has 0 aliphatic heterocycles. The number of nitrogens with zero attached hydrogens (tertiary/aromatic N) is 2. The average molecular weight is 305 g/mol. The van der Waals surface area contributed by atoms with Crippen LogP contribution in [0.15, 0.2) is 5.03 Å². The lowest BCUT2D eigenvalue weighted by molar-refractivity contribution is 0.162. The van der Waals surface area contributed by atoms with E-state index in [0.29, 0.717) is 31.0 Å². The topological polar surface area (TPSA) is 113 Å². The van der Waals surface area contributed by atoms with Crippen LogP contribution >= 0.6 is 0 Å². The van der Waals surface area contributed by atoms with Crippen molar-refractivity contribution in [3.63, 3.8) is 0 Å². The summed E-state index contributed by atoms with van der Waals surface area (Å²) in [4.78, 5) is 1.98. The summed E-state index contributed by atoms with van der Waals surface area (Å²) in [6, 6.07) is 0. The van der Waals surface area contributed by atoms with Gasteiger partial charge >= 0.3 is 0 Å². The summed E-state index contributed by atoms with van der Waals surface area (Å²) in [5.41, 5.74) is 6.74. The molecule has 0 aliphatic carbocycles. The second-order valence-electron chi connectivity index (χ2n) is 4.53. The molecule has 0 aliphatic rings. The van der Waals surface area contributed by atoms with Crippen molar-refractivity contribution in [2.24, 2.45) is 5.73 Å². The maximum Gasteiger partial charge on any atom is 0.260 e. The Morgan fingerprint density at radius 3 is 2.75 bits per heavy atom. The first kappa shape index (κ1) is 17.1. The van der Waals surface area contributed by atoms with Crippen molar-refractivity contribution in [2.75, 3.05) is 40.4 Å². The highest BCUT2D eigenvalue weighted by atomic mass is 32.2. The quantitative estimate of drug-likeness (QED) is 0.541. The predicted molar refractivity (Wildman–Crippen MR) is 75.8 cm³/mol. The van der Waals surface area contributed by atoms with Crippen LogP contribution in [0.25, 0.3) is 0 Å². The van der Waals surface area contributed by atoms with Gasteiger partial charge in [0.2, 0.25) is 0 Å². The molecule has 0 atom stereocenters. The first-order valence-corrected chi connectivity index (χ1v) is 7.81. The summed E-state index contributed by atoms with van der Waals surface area (Å²) in [6.07, 6.45) is 0. The summed E-state index contributed by atoms with van der Waals surface area (Å²) in [7, 11) is -0.0988. The largest absolute Gasteiger partial charge is 0.383 e. The number of methoxy groups -OCH3 is 1. The number of aryl methyl sites for hydroxylation is 1. The van der Waals surface area contributed by atoms with Crippen molar-refractivity contribution >= 4 is 10.0 Å². The minimum Gasteiger partial charge on any atom is -0.383 e. The Morgan fingerprint density at radius 2 is 2.15 bits per heavy atom. The molecule has 8 nitrogen and oxygen atoms in total. The van der Waals surface area contributed by atoms with Gasteiger partial charge in [0.1, 0.15) is 0 Å². The fourth-order valence-electron chi connectivity index (χ4n) is 1.69.